The fraction of sp³-hybridized carbons (Fsp3) is 0.476. The number of rotatable bonds is 9. The Morgan fingerprint density at radius 2 is 1.88 bits per heavy atom. The molecule has 1 rings (SSSR count). The number of hydrogen-bond donors (Lipinski definition) is 1. The summed E-state index contributed by atoms with van der Waals surface area (Å²) in [6.45, 7) is 9.58. The van der Waals surface area contributed by atoms with E-state index in [0.717, 1.165) is 12.0 Å². The van der Waals surface area contributed by atoms with Gasteiger partial charge in [0.05, 0.1) is 10.6 Å². The maximum absolute atomic E-state index is 13.1. The fourth-order valence-corrected chi connectivity index (χ4v) is 2.50. The van der Waals surface area contributed by atoms with Crippen molar-refractivity contribution in [3.63, 3.8) is 0 Å². The Bertz CT molecular complexity index is 650. The van der Waals surface area contributed by atoms with Gasteiger partial charge >= 0.3 is 0 Å². The molecule has 0 saturated carbocycles. The Hall–Kier alpha value is -1.81. The lowest BCUT2D eigenvalue weighted by atomic mass is 9.94. The molecule has 0 bridgehead atoms. The Morgan fingerprint density at radius 3 is 2.38 bits per heavy atom. The number of carbonyl (C=O) groups excluding carboxylic acids is 1. The molecule has 0 heterocycles. The second-order valence-electron chi connectivity index (χ2n) is 6.57. The van der Waals surface area contributed by atoms with E-state index >= 15 is 0 Å². The highest BCUT2D eigenvalue weighted by Crippen LogP contribution is 2.23. The van der Waals surface area contributed by atoms with Gasteiger partial charge in [-0.3, -0.25) is 4.79 Å². The molecule has 0 aliphatic rings. The van der Waals surface area contributed by atoms with E-state index in [9.17, 15) is 9.18 Å². The van der Waals surface area contributed by atoms with Crippen LogP contribution in [0.2, 0.25) is 0 Å². The smallest absolute Gasteiger partial charge is 0.261 e. The third-order valence-corrected chi connectivity index (χ3v) is 4.47. The van der Waals surface area contributed by atoms with Gasteiger partial charge in [-0.2, -0.15) is 0 Å². The molecule has 0 aromatic heterocycles. The van der Waals surface area contributed by atoms with Crippen LogP contribution in [0.25, 0.3) is 0 Å². The maximum Gasteiger partial charge on any atom is 0.261 e. The molecule has 26 heavy (non-hydrogen) atoms. The van der Waals surface area contributed by atoms with Crippen LogP contribution in [0.15, 0.2) is 47.2 Å². The molecule has 0 spiro atoms. The Labute approximate surface area is 161 Å². The maximum atomic E-state index is 13.1. The summed E-state index contributed by atoms with van der Waals surface area (Å²) in [5.74, 6) is -0.0141. The van der Waals surface area contributed by atoms with Crippen molar-refractivity contribution in [3.8, 4) is 0 Å². The molecule has 1 amide bonds. The van der Waals surface area contributed by atoms with Gasteiger partial charge < -0.3 is 10.1 Å². The minimum Gasteiger partial charge on any atom is -0.479 e. The van der Waals surface area contributed by atoms with Crippen LogP contribution in [0.4, 0.5) is 4.39 Å². The largest absolute Gasteiger partial charge is 0.479 e. The highest BCUT2D eigenvalue weighted by Gasteiger charge is 2.28. The van der Waals surface area contributed by atoms with Gasteiger partial charge in [-0.15, -0.1) is 0 Å². The van der Waals surface area contributed by atoms with Crippen molar-refractivity contribution < 1.29 is 13.9 Å². The number of nitrogens with one attached hydrogen (secondary N) is 1. The van der Waals surface area contributed by atoms with Crippen molar-refractivity contribution in [1.29, 1.82) is 0 Å². The van der Waals surface area contributed by atoms with Gasteiger partial charge in [0.15, 0.2) is 6.10 Å². The monoisotopic (exact) mass is 381 g/mol. The molecule has 1 aromatic carbocycles. The lowest BCUT2D eigenvalue weighted by Crippen LogP contribution is -2.46. The van der Waals surface area contributed by atoms with Crippen LogP contribution in [0.3, 0.4) is 0 Å². The van der Waals surface area contributed by atoms with E-state index in [0.29, 0.717) is 23.6 Å². The van der Waals surface area contributed by atoms with E-state index in [1.54, 1.807) is 12.1 Å². The summed E-state index contributed by atoms with van der Waals surface area (Å²) in [6, 6.07) is 6.10. The number of halogens is 2. The standard InChI is InChI=1S/C21H29ClFNO2/c1-6-9-10-19(17(22)7-2)26-18(8-3)20(25)24-21(4,5)15-11-13-16(23)14-12-15/h9-14,18H,6-8H2,1-5H3,(H,24,25)/b10-9-,19-17-. The van der Waals surface area contributed by atoms with Gasteiger partial charge in [0, 0.05) is 0 Å². The number of ether oxygens (including phenoxy) is 1. The van der Waals surface area contributed by atoms with Crippen LogP contribution in [0.5, 0.6) is 0 Å². The lowest BCUT2D eigenvalue weighted by Gasteiger charge is -2.29. The second-order valence-corrected chi connectivity index (χ2v) is 7.03. The molecule has 0 aliphatic heterocycles. The zero-order valence-corrected chi connectivity index (χ0v) is 17.0. The van der Waals surface area contributed by atoms with Crippen LogP contribution in [-0.2, 0) is 15.1 Å². The quantitative estimate of drug-likeness (QED) is 0.433. The molecular formula is C21H29ClFNO2. The van der Waals surface area contributed by atoms with Gasteiger partial charge in [0.25, 0.3) is 5.91 Å². The molecule has 5 heteroatoms. The summed E-state index contributed by atoms with van der Waals surface area (Å²) in [6.07, 6.45) is 5.08. The predicted octanol–water partition coefficient (Wildman–Crippen LogP) is 5.80. The summed E-state index contributed by atoms with van der Waals surface area (Å²) in [5.41, 5.74) is 0.162. The lowest BCUT2D eigenvalue weighted by molar-refractivity contribution is -0.132. The molecule has 0 radical (unpaired) electrons. The average molecular weight is 382 g/mol. The van der Waals surface area contributed by atoms with E-state index in [-0.39, 0.29) is 11.7 Å². The van der Waals surface area contributed by atoms with Gasteiger partial charge in [-0.05, 0) is 56.9 Å². The number of benzene rings is 1. The first-order chi connectivity index (χ1) is 12.2. The molecule has 3 nitrogen and oxygen atoms in total. The molecular weight excluding hydrogens is 353 g/mol. The number of allylic oxidation sites excluding steroid dienone is 3. The third kappa shape index (κ3) is 6.49. The molecule has 0 aliphatic carbocycles. The van der Waals surface area contributed by atoms with Crippen molar-refractivity contribution >= 4 is 17.5 Å². The summed E-state index contributed by atoms with van der Waals surface area (Å²) in [7, 11) is 0. The zero-order chi connectivity index (χ0) is 19.7. The van der Waals surface area contributed by atoms with Gasteiger partial charge in [-0.25, -0.2) is 4.39 Å². The first-order valence-corrected chi connectivity index (χ1v) is 9.42. The summed E-state index contributed by atoms with van der Waals surface area (Å²) < 4.78 is 19.0. The van der Waals surface area contributed by atoms with Crippen LogP contribution in [0.1, 0.15) is 59.4 Å². The van der Waals surface area contributed by atoms with Crippen LogP contribution in [-0.4, -0.2) is 12.0 Å². The topological polar surface area (TPSA) is 38.3 Å². The predicted molar refractivity (Wildman–Crippen MR) is 105 cm³/mol. The minimum atomic E-state index is -0.661. The average Bonchev–Trinajstić information content (AvgIpc) is 2.61. The molecule has 144 valence electrons. The number of amides is 1. The van der Waals surface area contributed by atoms with Gasteiger partial charge in [0.1, 0.15) is 11.6 Å². The van der Waals surface area contributed by atoms with E-state index in [1.807, 2.05) is 46.8 Å². The molecule has 0 fully saturated rings. The van der Waals surface area contributed by atoms with Crippen molar-refractivity contribution in [1.82, 2.24) is 5.32 Å². The van der Waals surface area contributed by atoms with Crippen molar-refractivity contribution in [3.05, 3.63) is 58.6 Å². The number of carbonyl (C=O) groups is 1. The third-order valence-electron chi connectivity index (χ3n) is 4.02. The first kappa shape index (κ1) is 22.2. The summed E-state index contributed by atoms with van der Waals surface area (Å²) in [4.78, 5) is 12.8. The van der Waals surface area contributed by atoms with E-state index in [4.69, 9.17) is 16.3 Å². The highest BCUT2D eigenvalue weighted by molar-refractivity contribution is 6.29. The Balaban J connectivity index is 2.93. The molecule has 1 N–H and O–H groups in total. The number of hydrogen-bond acceptors (Lipinski definition) is 2. The van der Waals surface area contributed by atoms with E-state index < -0.39 is 11.6 Å². The van der Waals surface area contributed by atoms with Crippen molar-refractivity contribution in [2.45, 2.75) is 65.5 Å². The molecule has 0 saturated heterocycles. The van der Waals surface area contributed by atoms with Crippen molar-refractivity contribution in [2.24, 2.45) is 0 Å². The molecule has 1 unspecified atom stereocenters. The van der Waals surface area contributed by atoms with Gasteiger partial charge in [-0.1, -0.05) is 50.6 Å². The summed E-state index contributed by atoms with van der Waals surface area (Å²) in [5, 5.41) is 3.57. The molecule has 1 atom stereocenters. The van der Waals surface area contributed by atoms with Crippen LogP contribution >= 0.6 is 11.6 Å². The zero-order valence-electron chi connectivity index (χ0n) is 16.2. The highest BCUT2D eigenvalue weighted by atomic mass is 35.5. The summed E-state index contributed by atoms with van der Waals surface area (Å²) >= 11 is 6.25. The first-order valence-electron chi connectivity index (χ1n) is 9.05. The fourth-order valence-electron chi connectivity index (χ4n) is 2.40. The van der Waals surface area contributed by atoms with Gasteiger partial charge in [0.2, 0.25) is 0 Å². The second kappa shape index (κ2) is 10.4. The van der Waals surface area contributed by atoms with Crippen LogP contribution in [0, 0.1) is 5.82 Å². The molecule has 1 aromatic rings. The van der Waals surface area contributed by atoms with E-state index in [1.165, 1.54) is 12.1 Å². The Morgan fingerprint density at radius 1 is 1.27 bits per heavy atom. The minimum absolute atomic E-state index is 0.232. The van der Waals surface area contributed by atoms with E-state index in [2.05, 4.69) is 5.32 Å². The van der Waals surface area contributed by atoms with Crippen LogP contribution < -0.4 is 5.32 Å². The SMILES string of the molecule is CC/C=C\C(OC(CC)C(=O)NC(C)(C)c1ccc(F)cc1)=C(\Cl)CC. The van der Waals surface area contributed by atoms with Crippen molar-refractivity contribution in [2.75, 3.05) is 0 Å². The normalized spacial score (nSPS) is 14.1. The Kier molecular flexibility index (Phi) is 8.86.